The summed E-state index contributed by atoms with van der Waals surface area (Å²) in [6.07, 6.45) is 1.57. The van der Waals surface area contributed by atoms with E-state index < -0.39 is 5.97 Å². The minimum Gasteiger partial charge on any atom is -0.469 e. The summed E-state index contributed by atoms with van der Waals surface area (Å²) < 4.78 is 4.85. The second kappa shape index (κ2) is 3.03. The lowest BCUT2D eigenvalue weighted by atomic mass is 10.3. The van der Waals surface area contributed by atoms with Crippen molar-refractivity contribution in [1.29, 1.82) is 0 Å². The standard InChI is InChI=1S/C6H7NO3/c7-10-6(8)4-5-2-1-3-9-5/h1-3H,4,7H2. The van der Waals surface area contributed by atoms with Gasteiger partial charge in [0.25, 0.3) is 0 Å². The van der Waals surface area contributed by atoms with Gasteiger partial charge in [-0.15, -0.1) is 0 Å². The minimum absolute atomic E-state index is 0.0868. The van der Waals surface area contributed by atoms with Crippen LogP contribution in [0, 0.1) is 0 Å². The molecule has 1 aromatic heterocycles. The van der Waals surface area contributed by atoms with Crippen molar-refractivity contribution in [2.24, 2.45) is 5.90 Å². The molecule has 4 heteroatoms. The molecule has 54 valence electrons. The summed E-state index contributed by atoms with van der Waals surface area (Å²) >= 11 is 0. The number of furan rings is 1. The molecule has 0 saturated carbocycles. The number of rotatable bonds is 2. The highest BCUT2D eigenvalue weighted by molar-refractivity contribution is 5.71. The van der Waals surface area contributed by atoms with Crippen LogP contribution in [0.15, 0.2) is 22.8 Å². The Morgan fingerprint density at radius 3 is 3.10 bits per heavy atom. The molecule has 0 spiro atoms. The minimum atomic E-state index is -0.505. The van der Waals surface area contributed by atoms with Gasteiger partial charge in [-0.3, -0.25) is 0 Å². The van der Waals surface area contributed by atoms with Gasteiger partial charge >= 0.3 is 5.97 Å². The largest absolute Gasteiger partial charge is 0.469 e. The van der Waals surface area contributed by atoms with E-state index in [2.05, 4.69) is 10.7 Å². The van der Waals surface area contributed by atoms with E-state index in [9.17, 15) is 4.79 Å². The van der Waals surface area contributed by atoms with Crippen LogP contribution in [0.1, 0.15) is 5.76 Å². The van der Waals surface area contributed by atoms with Crippen LogP contribution >= 0.6 is 0 Å². The third kappa shape index (κ3) is 1.60. The maximum Gasteiger partial charge on any atom is 0.331 e. The molecule has 0 fully saturated rings. The fourth-order valence-corrected chi connectivity index (χ4v) is 0.597. The maximum absolute atomic E-state index is 10.5. The molecule has 0 unspecified atom stereocenters. The SMILES string of the molecule is NOC(=O)Cc1ccco1. The molecule has 0 aliphatic carbocycles. The lowest BCUT2D eigenvalue weighted by molar-refractivity contribution is -0.143. The number of hydrogen-bond acceptors (Lipinski definition) is 4. The average Bonchev–Trinajstić information content (AvgIpc) is 2.40. The lowest BCUT2D eigenvalue weighted by Gasteiger charge is -1.92. The lowest BCUT2D eigenvalue weighted by Crippen LogP contribution is -2.11. The van der Waals surface area contributed by atoms with E-state index in [0.29, 0.717) is 5.76 Å². The Bertz CT molecular complexity index is 205. The highest BCUT2D eigenvalue weighted by Gasteiger charge is 2.03. The summed E-state index contributed by atoms with van der Waals surface area (Å²) in [6, 6.07) is 3.37. The summed E-state index contributed by atoms with van der Waals surface area (Å²) in [5.74, 6) is 4.64. The molecule has 1 aromatic rings. The third-order valence-electron chi connectivity index (χ3n) is 1.03. The van der Waals surface area contributed by atoms with Gasteiger partial charge in [-0.05, 0) is 12.1 Å². The zero-order valence-corrected chi connectivity index (χ0v) is 5.24. The van der Waals surface area contributed by atoms with Crippen LogP contribution < -0.4 is 5.90 Å². The zero-order valence-electron chi connectivity index (χ0n) is 5.24. The molecule has 10 heavy (non-hydrogen) atoms. The number of hydrogen-bond donors (Lipinski definition) is 1. The Labute approximate surface area is 57.5 Å². The monoisotopic (exact) mass is 141 g/mol. The van der Waals surface area contributed by atoms with Gasteiger partial charge in [0, 0.05) is 0 Å². The van der Waals surface area contributed by atoms with Gasteiger partial charge in [0.2, 0.25) is 0 Å². The Morgan fingerprint density at radius 2 is 2.60 bits per heavy atom. The first-order valence-electron chi connectivity index (χ1n) is 2.75. The van der Waals surface area contributed by atoms with Gasteiger partial charge in [0.05, 0.1) is 6.26 Å². The van der Waals surface area contributed by atoms with Crippen LogP contribution in [0.5, 0.6) is 0 Å². The van der Waals surface area contributed by atoms with Crippen molar-refractivity contribution in [3.63, 3.8) is 0 Å². The number of carbonyl (C=O) groups is 1. The van der Waals surface area contributed by atoms with Crippen molar-refractivity contribution in [3.8, 4) is 0 Å². The van der Waals surface area contributed by atoms with Crippen molar-refractivity contribution < 1.29 is 14.0 Å². The third-order valence-corrected chi connectivity index (χ3v) is 1.03. The van der Waals surface area contributed by atoms with Gasteiger partial charge in [0.15, 0.2) is 0 Å². The zero-order chi connectivity index (χ0) is 7.40. The van der Waals surface area contributed by atoms with Gasteiger partial charge in [-0.2, -0.15) is 5.90 Å². The summed E-state index contributed by atoms with van der Waals surface area (Å²) in [5, 5.41) is 0. The van der Waals surface area contributed by atoms with Crippen LogP contribution in [-0.4, -0.2) is 5.97 Å². The Balaban J connectivity index is 2.48. The number of carbonyl (C=O) groups excluding carboxylic acids is 1. The molecule has 0 aromatic carbocycles. The van der Waals surface area contributed by atoms with E-state index >= 15 is 0 Å². The van der Waals surface area contributed by atoms with Crippen LogP contribution in [-0.2, 0) is 16.1 Å². The van der Waals surface area contributed by atoms with E-state index in [4.69, 9.17) is 4.42 Å². The van der Waals surface area contributed by atoms with E-state index in [1.54, 1.807) is 12.1 Å². The van der Waals surface area contributed by atoms with Crippen molar-refractivity contribution in [1.82, 2.24) is 0 Å². The molecule has 2 N–H and O–H groups in total. The second-order valence-corrected chi connectivity index (χ2v) is 1.75. The predicted molar refractivity (Wildman–Crippen MR) is 32.7 cm³/mol. The fraction of sp³-hybridized carbons (Fsp3) is 0.167. The molecule has 1 heterocycles. The second-order valence-electron chi connectivity index (χ2n) is 1.75. The summed E-state index contributed by atoms with van der Waals surface area (Å²) in [4.78, 5) is 14.4. The fourth-order valence-electron chi connectivity index (χ4n) is 0.597. The molecular weight excluding hydrogens is 134 g/mol. The Kier molecular flexibility index (Phi) is 2.07. The van der Waals surface area contributed by atoms with Crippen molar-refractivity contribution in [3.05, 3.63) is 24.2 Å². The molecule has 0 aliphatic rings. The predicted octanol–water partition coefficient (Wildman–Crippen LogP) is 0.239. The van der Waals surface area contributed by atoms with E-state index in [1.165, 1.54) is 6.26 Å². The summed E-state index contributed by atoms with van der Waals surface area (Å²) in [6.45, 7) is 0. The smallest absolute Gasteiger partial charge is 0.331 e. The van der Waals surface area contributed by atoms with Gasteiger partial charge in [-0.1, -0.05) is 0 Å². The maximum atomic E-state index is 10.5. The average molecular weight is 141 g/mol. The quantitative estimate of drug-likeness (QED) is 0.599. The summed E-state index contributed by atoms with van der Waals surface area (Å²) in [5.41, 5.74) is 0. The van der Waals surface area contributed by atoms with E-state index in [-0.39, 0.29) is 6.42 Å². The molecule has 0 bridgehead atoms. The van der Waals surface area contributed by atoms with Gasteiger partial charge in [-0.25, -0.2) is 4.79 Å². The Hall–Kier alpha value is -1.29. The number of nitrogens with two attached hydrogens (primary N) is 1. The molecule has 1 rings (SSSR count). The highest BCUT2D eigenvalue weighted by Crippen LogP contribution is 2.00. The Morgan fingerprint density at radius 1 is 1.80 bits per heavy atom. The first kappa shape index (κ1) is 6.82. The van der Waals surface area contributed by atoms with Crippen LogP contribution in [0.3, 0.4) is 0 Å². The molecule has 0 atom stereocenters. The molecule has 0 saturated heterocycles. The molecule has 0 amide bonds. The molecule has 4 nitrogen and oxygen atoms in total. The first-order chi connectivity index (χ1) is 4.83. The normalized spacial score (nSPS) is 9.30. The van der Waals surface area contributed by atoms with Crippen molar-refractivity contribution in [2.75, 3.05) is 0 Å². The van der Waals surface area contributed by atoms with Gasteiger partial charge in [0.1, 0.15) is 12.2 Å². The first-order valence-corrected chi connectivity index (χ1v) is 2.75. The van der Waals surface area contributed by atoms with E-state index in [1.807, 2.05) is 0 Å². The van der Waals surface area contributed by atoms with Crippen LogP contribution in [0.2, 0.25) is 0 Å². The highest BCUT2D eigenvalue weighted by atomic mass is 16.7. The van der Waals surface area contributed by atoms with Crippen LogP contribution in [0.4, 0.5) is 0 Å². The van der Waals surface area contributed by atoms with E-state index in [0.717, 1.165) is 0 Å². The van der Waals surface area contributed by atoms with Crippen molar-refractivity contribution in [2.45, 2.75) is 6.42 Å². The van der Waals surface area contributed by atoms with Crippen molar-refractivity contribution >= 4 is 5.97 Å². The summed E-state index contributed by atoms with van der Waals surface area (Å²) in [7, 11) is 0. The molecule has 0 aliphatic heterocycles. The van der Waals surface area contributed by atoms with Crippen LogP contribution in [0.25, 0.3) is 0 Å². The molecule has 0 radical (unpaired) electrons. The topological polar surface area (TPSA) is 65.5 Å². The van der Waals surface area contributed by atoms with Gasteiger partial charge < -0.3 is 9.25 Å². The molecular formula is C6H7NO3.